The van der Waals surface area contributed by atoms with E-state index >= 15 is 0 Å². The van der Waals surface area contributed by atoms with E-state index in [-0.39, 0.29) is 0 Å². The third-order valence-corrected chi connectivity index (χ3v) is 2.34. The van der Waals surface area contributed by atoms with Gasteiger partial charge in [-0.2, -0.15) is 0 Å². The summed E-state index contributed by atoms with van der Waals surface area (Å²) in [5, 5.41) is 0. The Balaban J connectivity index is 2.54. The fraction of sp³-hybridized carbons (Fsp3) is 0.500. The van der Waals surface area contributed by atoms with Crippen LogP contribution in [0.2, 0.25) is 0 Å². The molecule has 0 spiro atoms. The van der Waals surface area contributed by atoms with Crippen molar-refractivity contribution in [2.75, 3.05) is 13.1 Å². The maximum absolute atomic E-state index is 10.3. The zero-order valence-electron chi connectivity index (χ0n) is 9.44. The largest absolute Gasteiger partial charge is 0.303 e. The summed E-state index contributed by atoms with van der Waals surface area (Å²) in [6, 6.07) is 6.03. The molecule has 3 nitrogen and oxygen atoms in total. The second kappa shape index (κ2) is 6.30. The smallest absolute Gasteiger partial charge is 0.121 e. The fourth-order valence-corrected chi connectivity index (χ4v) is 1.50. The van der Waals surface area contributed by atoms with Gasteiger partial charge in [0.1, 0.15) is 6.29 Å². The van der Waals surface area contributed by atoms with Crippen molar-refractivity contribution >= 4 is 6.29 Å². The predicted molar refractivity (Wildman–Crippen MR) is 60.6 cm³/mol. The topological polar surface area (TPSA) is 33.2 Å². The molecule has 0 aliphatic carbocycles. The summed E-state index contributed by atoms with van der Waals surface area (Å²) in [6.45, 7) is 6.68. The van der Waals surface area contributed by atoms with Crippen LogP contribution < -0.4 is 0 Å². The lowest BCUT2D eigenvalue weighted by Crippen LogP contribution is -2.24. The van der Waals surface area contributed by atoms with Gasteiger partial charge in [0, 0.05) is 25.2 Å². The molecule has 0 aliphatic heterocycles. The molecular formula is C12H18N2O. The van der Waals surface area contributed by atoms with Crippen molar-refractivity contribution in [3.05, 3.63) is 29.6 Å². The summed E-state index contributed by atoms with van der Waals surface area (Å²) >= 11 is 0. The second-order valence-corrected chi connectivity index (χ2v) is 3.59. The number of rotatable bonds is 6. The van der Waals surface area contributed by atoms with Gasteiger partial charge in [-0.3, -0.25) is 9.88 Å². The van der Waals surface area contributed by atoms with Crippen molar-refractivity contribution in [2.45, 2.75) is 26.8 Å². The van der Waals surface area contributed by atoms with Crippen LogP contribution in [-0.4, -0.2) is 29.3 Å². The van der Waals surface area contributed by atoms with Crippen LogP contribution >= 0.6 is 0 Å². The van der Waals surface area contributed by atoms with E-state index in [1.807, 2.05) is 25.1 Å². The van der Waals surface area contributed by atoms with Gasteiger partial charge in [-0.1, -0.05) is 13.0 Å². The van der Waals surface area contributed by atoms with Gasteiger partial charge in [0.25, 0.3) is 0 Å². The van der Waals surface area contributed by atoms with Gasteiger partial charge in [-0.15, -0.1) is 0 Å². The van der Waals surface area contributed by atoms with Gasteiger partial charge < -0.3 is 4.79 Å². The normalized spacial score (nSPS) is 10.6. The number of aryl methyl sites for hydroxylation is 1. The van der Waals surface area contributed by atoms with E-state index < -0.39 is 0 Å². The highest BCUT2D eigenvalue weighted by molar-refractivity contribution is 5.49. The first-order chi connectivity index (χ1) is 7.26. The lowest BCUT2D eigenvalue weighted by molar-refractivity contribution is -0.108. The van der Waals surface area contributed by atoms with E-state index in [4.69, 9.17) is 0 Å². The van der Waals surface area contributed by atoms with Crippen molar-refractivity contribution in [1.82, 2.24) is 9.88 Å². The highest BCUT2D eigenvalue weighted by Gasteiger charge is 2.03. The molecule has 0 fully saturated rings. The summed E-state index contributed by atoms with van der Waals surface area (Å²) in [6.07, 6.45) is 1.56. The number of hydrogen-bond acceptors (Lipinski definition) is 3. The number of carbonyl (C=O) groups excluding carboxylic acids is 1. The monoisotopic (exact) mass is 206 g/mol. The van der Waals surface area contributed by atoms with E-state index in [1.165, 1.54) is 0 Å². The van der Waals surface area contributed by atoms with Crippen molar-refractivity contribution in [2.24, 2.45) is 0 Å². The molecule has 3 heteroatoms. The summed E-state index contributed by atoms with van der Waals surface area (Å²) in [7, 11) is 0. The standard InChI is InChI=1S/C12H18N2O/c1-3-14(8-5-9-15)10-12-7-4-6-11(2)13-12/h4,6-7,9H,3,5,8,10H2,1-2H3. The first-order valence-corrected chi connectivity index (χ1v) is 5.34. The van der Waals surface area contributed by atoms with Gasteiger partial charge in [-0.05, 0) is 25.6 Å². The molecule has 0 aromatic carbocycles. The summed E-state index contributed by atoms with van der Waals surface area (Å²) in [5.74, 6) is 0. The van der Waals surface area contributed by atoms with Crippen LogP contribution in [0.4, 0.5) is 0 Å². The molecule has 0 aliphatic rings. The summed E-state index contributed by atoms with van der Waals surface area (Å²) < 4.78 is 0. The maximum Gasteiger partial charge on any atom is 0.121 e. The van der Waals surface area contributed by atoms with E-state index in [0.29, 0.717) is 6.42 Å². The number of aromatic nitrogens is 1. The lowest BCUT2D eigenvalue weighted by Gasteiger charge is -2.18. The Morgan fingerprint density at radius 1 is 1.47 bits per heavy atom. The number of nitrogens with zero attached hydrogens (tertiary/aromatic N) is 2. The van der Waals surface area contributed by atoms with Gasteiger partial charge in [0.15, 0.2) is 0 Å². The Kier molecular flexibility index (Phi) is 4.98. The molecule has 1 heterocycles. The van der Waals surface area contributed by atoms with Crippen LogP contribution in [0.25, 0.3) is 0 Å². The zero-order chi connectivity index (χ0) is 11.1. The van der Waals surface area contributed by atoms with E-state index in [2.05, 4.69) is 16.8 Å². The number of aldehydes is 1. The average Bonchev–Trinajstić information content (AvgIpc) is 2.24. The molecular weight excluding hydrogens is 188 g/mol. The summed E-state index contributed by atoms with van der Waals surface area (Å²) in [4.78, 5) is 16.9. The Bertz CT molecular complexity index is 312. The molecule has 0 unspecified atom stereocenters. The van der Waals surface area contributed by atoms with Crippen molar-refractivity contribution < 1.29 is 4.79 Å². The third kappa shape index (κ3) is 4.21. The van der Waals surface area contributed by atoms with Crippen LogP contribution in [0.5, 0.6) is 0 Å². The van der Waals surface area contributed by atoms with Crippen LogP contribution in [0.15, 0.2) is 18.2 Å². The van der Waals surface area contributed by atoms with Crippen LogP contribution in [0.3, 0.4) is 0 Å². The number of pyridine rings is 1. The molecule has 1 rings (SSSR count). The molecule has 82 valence electrons. The van der Waals surface area contributed by atoms with Crippen LogP contribution in [-0.2, 0) is 11.3 Å². The van der Waals surface area contributed by atoms with Crippen molar-refractivity contribution in [3.63, 3.8) is 0 Å². The molecule has 0 bridgehead atoms. The molecule has 1 aromatic rings. The van der Waals surface area contributed by atoms with Crippen LogP contribution in [0, 0.1) is 6.92 Å². The Morgan fingerprint density at radius 3 is 2.87 bits per heavy atom. The Labute approximate surface area is 91.1 Å². The predicted octanol–water partition coefficient (Wildman–Crippen LogP) is 1.80. The minimum atomic E-state index is 0.597. The Morgan fingerprint density at radius 2 is 2.27 bits per heavy atom. The number of hydrogen-bond donors (Lipinski definition) is 0. The molecule has 0 saturated carbocycles. The first-order valence-electron chi connectivity index (χ1n) is 5.34. The lowest BCUT2D eigenvalue weighted by atomic mass is 10.3. The molecule has 1 aromatic heterocycles. The van der Waals surface area contributed by atoms with Gasteiger partial charge >= 0.3 is 0 Å². The SMILES string of the molecule is CCN(CCC=O)Cc1cccc(C)n1. The zero-order valence-corrected chi connectivity index (χ0v) is 9.44. The minimum Gasteiger partial charge on any atom is -0.303 e. The molecule has 0 N–H and O–H groups in total. The van der Waals surface area contributed by atoms with Crippen molar-refractivity contribution in [1.29, 1.82) is 0 Å². The molecule has 0 atom stereocenters. The van der Waals surface area contributed by atoms with Gasteiger partial charge in [-0.25, -0.2) is 0 Å². The molecule has 15 heavy (non-hydrogen) atoms. The minimum absolute atomic E-state index is 0.597. The van der Waals surface area contributed by atoms with Crippen LogP contribution in [0.1, 0.15) is 24.7 Å². The van der Waals surface area contributed by atoms with E-state index in [1.54, 1.807) is 0 Å². The molecule has 0 amide bonds. The third-order valence-electron chi connectivity index (χ3n) is 2.34. The first kappa shape index (κ1) is 11.9. The molecule has 0 radical (unpaired) electrons. The highest BCUT2D eigenvalue weighted by atomic mass is 16.1. The van der Waals surface area contributed by atoms with Gasteiger partial charge in [0.05, 0.1) is 5.69 Å². The fourth-order valence-electron chi connectivity index (χ4n) is 1.50. The van der Waals surface area contributed by atoms with E-state index in [0.717, 1.165) is 37.3 Å². The Hall–Kier alpha value is -1.22. The summed E-state index contributed by atoms with van der Waals surface area (Å²) in [5.41, 5.74) is 2.11. The second-order valence-electron chi connectivity index (χ2n) is 3.59. The van der Waals surface area contributed by atoms with Gasteiger partial charge in [0.2, 0.25) is 0 Å². The average molecular weight is 206 g/mol. The maximum atomic E-state index is 10.3. The van der Waals surface area contributed by atoms with Crippen molar-refractivity contribution in [3.8, 4) is 0 Å². The van der Waals surface area contributed by atoms with E-state index in [9.17, 15) is 4.79 Å². The molecule has 0 saturated heterocycles. The number of carbonyl (C=O) groups is 1. The highest BCUT2D eigenvalue weighted by Crippen LogP contribution is 2.03. The quantitative estimate of drug-likeness (QED) is 0.665.